The number of nitrogens with zero attached hydrogens (tertiary/aromatic N) is 1. The number of anilines is 1. The molecule has 3 aromatic carbocycles. The molecule has 184 valence electrons. The number of amides is 1. The van der Waals surface area contributed by atoms with E-state index in [4.69, 9.17) is 23.2 Å². The lowest BCUT2D eigenvalue weighted by atomic mass is 10.1. The lowest BCUT2D eigenvalue weighted by Crippen LogP contribution is -2.14. The van der Waals surface area contributed by atoms with Crippen LogP contribution in [-0.2, 0) is 21.1 Å². The highest BCUT2D eigenvalue weighted by Crippen LogP contribution is 2.34. The summed E-state index contributed by atoms with van der Waals surface area (Å²) in [7, 11) is -3.31. The SMILES string of the molecule is CCS(=O)(=O)c1ccc(CC(=O)Nc2nc(-c3ccc(Cl)cc3)c(C(=O)c3cccc(Cl)c3)s2)cc1. The minimum absolute atomic E-state index is 0.00305. The van der Waals surface area contributed by atoms with Crippen LogP contribution < -0.4 is 5.32 Å². The number of benzene rings is 3. The Morgan fingerprint density at radius 1 is 0.944 bits per heavy atom. The van der Waals surface area contributed by atoms with Crippen molar-refractivity contribution in [1.82, 2.24) is 4.98 Å². The molecule has 36 heavy (non-hydrogen) atoms. The largest absolute Gasteiger partial charge is 0.302 e. The van der Waals surface area contributed by atoms with Gasteiger partial charge in [0.15, 0.2) is 15.0 Å². The van der Waals surface area contributed by atoms with Crippen LogP contribution in [0.5, 0.6) is 0 Å². The summed E-state index contributed by atoms with van der Waals surface area (Å²) in [6.07, 6.45) is 0.0138. The smallest absolute Gasteiger partial charge is 0.230 e. The Morgan fingerprint density at radius 3 is 2.28 bits per heavy atom. The molecule has 4 aromatic rings. The summed E-state index contributed by atoms with van der Waals surface area (Å²) in [6, 6.07) is 19.7. The van der Waals surface area contributed by atoms with Gasteiger partial charge in [0.2, 0.25) is 11.7 Å². The van der Waals surface area contributed by atoms with Gasteiger partial charge in [-0.05, 0) is 42.0 Å². The Labute approximate surface area is 222 Å². The third-order valence-electron chi connectivity index (χ3n) is 5.31. The number of sulfone groups is 1. The van der Waals surface area contributed by atoms with Gasteiger partial charge in [-0.1, -0.05) is 77.9 Å². The summed E-state index contributed by atoms with van der Waals surface area (Å²) in [4.78, 5) is 31.1. The van der Waals surface area contributed by atoms with Crippen LogP contribution in [0.2, 0.25) is 10.0 Å². The van der Waals surface area contributed by atoms with E-state index in [0.717, 1.165) is 11.3 Å². The maximum absolute atomic E-state index is 13.3. The fourth-order valence-corrected chi connectivity index (χ4v) is 5.59. The van der Waals surface area contributed by atoms with E-state index in [1.807, 2.05) is 0 Å². The first kappa shape index (κ1) is 26.0. The molecule has 0 radical (unpaired) electrons. The first-order valence-corrected chi connectivity index (χ1v) is 14.1. The average molecular weight is 559 g/mol. The summed E-state index contributed by atoms with van der Waals surface area (Å²) in [5.41, 5.74) is 2.15. The minimum atomic E-state index is -3.31. The number of hydrogen-bond acceptors (Lipinski definition) is 6. The fourth-order valence-electron chi connectivity index (χ4n) is 3.42. The number of rotatable bonds is 8. The van der Waals surface area contributed by atoms with Gasteiger partial charge in [-0.25, -0.2) is 13.4 Å². The molecule has 6 nitrogen and oxygen atoms in total. The normalized spacial score (nSPS) is 11.3. The molecule has 10 heteroatoms. The van der Waals surface area contributed by atoms with Crippen molar-refractivity contribution in [2.75, 3.05) is 11.1 Å². The quantitative estimate of drug-likeness (QED) is 0.255. The molecule has 0 aliphatic carbocycles. The first-order chi connectivity index (χ1) is 17.2. The summed E-state index contributed by atoms with van der Waals surface area (Å²) >= 11 is 13.2. The fraction of sp³-hybridized carbons (Fsp3) is 0.115. The molecule has 0 aliphatic rings. The maximum atomic E-state index is 13.3. The molecular formula is C26H20Cl2N2O4S2. The molecule has 0 unspecified atom stereocenters. The van der Waals surface area contributed by atoms with E-state index in [9.17, 15) is 18.0 Å². The van der Waals surface area contributed by atoms with Gasteiger partial charge in [-0.2, -0.15) is 0 Å². The zero-order valence-electron chi connectivity index (χ0n) is 19.0. The van der Waals surface area contributed by atoms with Gasteiger partial charge in [-0.15, -0.1) is 0 Å². The van der Waals surface area contributed by atoms with Gasteiger partial charge in [-0.3, -0.25) is 9.59 Å². The number of aromatic nitrogens is 1. The van der Waals surface area contributed by atoms with E-state index in [1.54, 1.807) is 67.6 Å². The predicted molar refractivity (Wildman–Crippen MR) is 144 cm³/mol. The molecule has 0 atom stereocenters. The van der Waals surface area contributed by atoms with Crippen molar-refractivity contribution in [2.45, 2.75) is 18.2 Å². The van der Waals surface area contributed by atoms with Crippen LogP contribution in [0.4, 0.5) is 5.13 Å². The van der Waals surface area contributed by atoms with Crippen molar-refractivity contribution in [2.24, 2.45) is 0 Å². The molecule has 0 spiro atoms. The Hall–Kier alpha value is -3.04. The number of hydrogen-bond donors (Lipinski definition) is 1. The van der Waals surface area contributed by atoms with E-state index in [0.29, 0.717) is 37.3 Å². The van der Waals surface area contributed by atoms with E-state index in [2.05, 4.69) is 10.3 Å². The molecule has 1 heterocycles. The van der Waals surface area contributed by atoms with Gasteiger partial charge in [0.25, 0.3) is 0 Å². The van der Waals surface area contributed by atoms with Crippen LogP contribution in [-0.4, -0.2) is 30.8 Å². The highest BCUT2D eigenvalue weighted by molar-refractivity contribution is 7.91. The lowest BCUT2D eigenvalue weighted by Gasteiger charge is -2.04. The van der Waals surface area contributed by atoms with Crippen molar-refractivity contribution in [3.05, 3.63) is 98.8 Å². The van der Waals surface area contributed by atoms with E-state index in [-0.39, 0.29) is 33.9 Å². The van der Waals surface area contributed by atoms with Crippen LogP contribution in [0, 0.1) is 0 Å². The summed E-state index contributed by atoms with van der Waals surface area (Å²) in [5.74, 6) is -0.615. The van der Waals surface area contributed by atoms with Crippen molar-refractivity contribution < 1.29 is 18.0 Å². The molecule has 1 aromatic heterocycles. The van der Waals surface area contributed by atoms with E-state index < -0.39 is 9.84 Å². The molecule has 0 aliphatic heterocycles. The van der Waals surface area contributed by atoms with Crippen molar-refractivity contribution in [3.63, 3.8) is 0 Å². The molecule has 0 saturated carbocycles. The zero-order chi connectivity index (χ0) is 25.9. The molecule has 1 N–H and O–H groups in total. The zero-order valence-corrected chi connectivity index (χ0v) is 22.1. The number of thiazole rings is 1. The Balaban J connectivity index is 1.60. The monoisotopic (exact) mass is 558 g/mol. The van der Waals surface area contributed by atoms with Crippen molar-refractivity contribution in [3.8, 4) is 11.3 Å². The second-order valence-corrected chi connectivity index (χ2v) is 12.0. The van der Waals surface area contributed by atoms with Crippen LogP contribution in [0.25, 0.3) is 11.3 Å². The third-order valence-corrected chi connectivity index (χ3v) is 8.52. The minimum Gasteiger partial charge on any atom is -0.302 e. The van der Waals surface area contributed by atoms with Gasteiger partial charge < -0.3 is 5.32 Å². The van der Waals surface area contributed by atoms with E-state index in [1.165, 1.54) is 12.1 Å². The predicted octanol–water partition coefficient (Wildman–Crippen LogP) is 6.32. The highest BCUT2D eigenvalue weighted by Gasteiger charge is 2.22. The Bertz CT molecular complexity index is 1530. The average Bonchev–Trinajstić information content (AvgIpc) is 3.27. The summed E-state index contributed by atoms with van der Waals surface area (Å²) in [6.45, 7) is 1.58. The van der Waals surface area contributed by atoms with Gasteiger partial charge in [0, 0.05) is 21.2 Å². The molecule has 0 bridgehead atoms. The molecule has 4 rings (SSSR count). The lowest BCUT2D eigenvalue weighted by molar-refractivity contribution is -0.115. The van der Waals surface area contributed by atoms with Crippen LogP contribution in [0.15, 0.2) is 77.7 Å². The van der Waals surface area contributed by atoms with Crippen LogP contribution in [0.3, 0.4) is 0 Å². The summed E-state index contributed by atoms with van der Waals surface area (Å²) in [5, 5.41) is 4.00. The van der Waals surface area contributed by atoms with E-state index >= 15 is 0 Å². The van der Waals surface area contributed by atoms with Gasteiger partial charge in [0.1, 0.15) is 4.88 Å². The number of carbonyl (C=O) groups excluding carboxylic acids is 2. The van der Waals surface area contributed by atoms with Crippen LogP contribution in [0.1, 0.15) is 27.7 Å². The molecular weight excluding hydrogens is 539 g/mol. The standard InChI is InChI=1S/C26H20Cl2N2O4S2/c1-2-36(33,34)21-12-6-16(7-13-21)14-22(31)29-26-30-23(17-8-10-19(27)11-9-17)25(35-26)24(32)18-4-3-5-20(28)15-18/h3-13,15H,2,14H2,1H3,(H,29,30,31). The number of nitrogens with one attached hydrogen (secondary N) is 1. The van der Waals surface area contributed by atoms with Crippen LogP contribution >= 0.6 is 34.5 Å². The summed E-state index contributed by atoms with van der Waals surface area (Å²) < 4.78 is 24.0. The van der Waals surface area contributed by atoms with Crippen molar-refractivity contribution >= 4 is 61.2 Å². The van der Waals surface area contributed by atoms with Crippen molar-refractivity contribution in [1.29, 1.82) is 0 Å². The highest BCUT2D eigenvalue weighted by atomic mass is 35.5. The number of carbonyl (C=O) groups is 2. The number of ketones is 1. The number of halogens is 2. The Kier molecular flexibility index (Phi) is 7.90. The Morgan fingerprint density at radius 2 is 1.64 bits per heavy atom. The second kappa shape index (κ2) is 10.9. The molecule has 0 fully saturated rings. The second-order valence-electron chi connectivity index (χ2n) is 7.82. The third kappa shape index (κ3) is 6.02. The molecule has 0 saturated heterocycles. The van der Waals surface area contributed by atoms with Gasteiger partial charge in [0.05, 0.1) is 22.8 Å². The first-order valence-electron chi connectivity index (χ1n) is 10.8. The topological polar surface area (TPSA) is 93.2 Å². The molecule has 1 amide bonds. The maximum Gasteiger partial charge on any atom is 0.230 e. The van der Waals surface area contributed by atoms with Gasteiger partial charge >= 0.3 is 0 Å².